The molecule has 180 valence electrons. The Hall–Kier alpha value is -3.25. The molecule has 0 saturated carbocycles. The van der Waals surface area contributed by atoms with Crippen molar-refractivity contribution in [3.8, 4) is 0 Å². The van der Waals surface area contributed by atoms with Gasteiger partial charge >= 0.3 is 0 Å². The van der Waals surface area contributed by atoms with Gasteiger partial charge in [-0.1, -0.05) is 31.7 Å². The fourth-order valence-electron chi connectivity index (χ4n) is 3.69. The zero-order valence-electron chi connectivity index (χ0n) is 19.4. The average molecular weight is 486 g/mol. The van der Waals surface area contributed by atoms with Crippen LogP contribution in [0.1, 0.15) is 29.8 Å². The number of fused-ring (bicyclic) bond motifs is 1. The minimum Gasteiger partial charge on any atom is -0.378 e. The Morgan fingerprint density at radius 3 is 2.76 bits per heavy atom. The summed E-state index contributed by atoms with van der Waals surface area (Å²) in [7, 11) is 0. The van der Waals surface area contributed by atoms with Gasteiger partial charge in [0.2, 0.25) is 0 Å². The maximum Gasteiger partial charge on any atom is 0.273 e. The Morgan fingerprint density at radius 2 is 2.06 bits per heavy atom. The Morgan fingerprint density at radius 1 is 1.29 bits per heavy atom. The van der Waals surface area contributed by atoms with Crippen LogP contribution in [-0.4, -0.2) is 68.7 Å². The standard InChI is InChI=1S/C22H27N7O4S/c1-14(2)34-22-25-19(27-8-10-33-11-9-27)17-13-24-28(20(17)26-22)7-6-23-21(30)16-5-4-15(3)18(12-16)29(31)32/h4-5,12-14H,6-11H2,1-3H3,(H,23,30). The molecule has 1 N–H and O–H groups in total. The molecule has 4 rings (SSSR count). The first kappa shape index (κ1) is 23.9. The number of aryl methyl sites for hydroxylation is 1. The minimum atomic E-state index is -0.486. The highest BCUT2D eigenvalue weighted by molar-refractivity contribution is 7.99. The van der Waals surface area contributed by atoms with Gasteiger partial charge in [0.15, 0.2) is 10.8 Å². The summed E-state index contributed by atoms with van der Waals surface area (Å²) in [5, 5.41) is 20.3. The predicted octanol–water partition coefficient (Wildman–Crippen LogP) is 2.81. The second-order valence-corrected chi connectivity index (χ2v) is 9.76. The number of nitro groups is 1. The van der Waals surface area contributed by atoms with Crippen molar-refractivity contribution in [3.63, 3.8) is 0 Å². The number of aromatic nitrogens is 4. The maximum absolute atomic E-state index is 12.5. The number of morpholine rings is 1. The van der Waals surface area contributed by atoms with E-state index in [1.54, 1.807) is 41.7 Å². The SMILES string of the molecule is Cc1ccc(C(=O)NCCn2ncc3c(N4CCOCC4)nc(SC(C)C)nc32)cc1[N+](=O)[O-]. The molecule has 34 heavy (non-hydrogen) atoms. The van der Waals surface area contributed by atoms with Gasteiger partial charge in [-0.3, -0.25) is 14.9 Å². The van der Waals surface area contributed by atoms with Crippen molar-refractivity contribution in [2.45, 2.75) is 37.7 Å². The number of carbonyl (C=O) groups is 1. The summed E-state index contributed by atoms with van der Waals surface area (Å²) in [6.45, 7) is 9.31. The second kappa shape index (κ2) is 10.3. The molecule has 2 aromatic heterocycles. The Balaban J connectivity index is 1.52. The van der Waals surface area contributed by atoms with Crippen LogP contribution in [0.5, 0.6) is 0 Å². The lowest BCUT2D eigenvalue weighted by molar-refractivity contribution is -0.385. The van der Waals surface area contributed by atoms with Crippen LogP contribution < -0.4 is 10.2 Å². The monoisotopic (exact) mass is 485 g/mol. The number of anilines is 1. The third kappa shape index (κ3) is 5.28. The number of rotatable bonds is 8. The van der Waals surface area contributed by atoms with E-state index in [4.69, 9.17) is 14.7 Å². The number of hydrogen-bond donors (Lipinski definition) is 1. The van der Waals surface area contributed by atoms with E-state index in [-0.39, 0.29) is 17.2 Å². The number of nitro benzene ring substituents is 1. The molecule has 12 heteroatoms. The average Bonchev–Trinajstić information content (AvgIpc) is 3.21. The van der Waals surface area contributed by atoms with E-state index in [1.807, 2.05) is 0 Å². The molecule has 0 bridgehead atoms. The van der Waals surface area contributed by atoms with E-state index in [1.165, 1.54) is 6.07 Å². The van der Waals surface area contributed by atoms with Crippen molar-refractivity contribution in [3.05, 3.63) is 45.6 Å². The first-order valence-corrected chi connectivity index (χ1v) is 12.0. The number of ether oxygens (including phenoxy) is 1. The van der Waals surface area contributed by atoms with Crippen molar-refractivity contribution in [1.29, 1.82) is 0 Å². The van der Waals surface area contributed by atoms with E-state index in [2.05, 4.69) is 29.2 Å². The number of thioether (sulfide) groups is 1. The highest BCUT2D eigenvalue weighted by atomic mass is 32.2. The highest BCUT2D eigenvalue weighted by Gasteiger charge is 2.21. The van der Waals surface area contributed by atoms with Crippen LogP contribution in [0.15, 0.2) is 29.6 Å². The summed E-state index contributed by atoms with van der Waals surface area (Å²) in [5.41, 5.74) is 1.39. The molecule has 3 heterocycles. The summed E-state index contributed by atoms with van der Waals surface area (Å²) < 4.78 is 7.24. The summed E-state index contributed by atoms with van der Waals surface area (Å²) in [6, 6.07) is 4.45. The fourth-order valence-corrected chi connectivity index (χ4v) is 4.39. The number of nitrogens with zero attached hydrogens (tertiary/aromatic N) is 6. The molecule has 1 amide bonds. The van der Waals surface area contributed by atoms with Crippen LogP contribution in [0, 0.1) is 17.0 Å². The molecule has 0 unspecified atom stereocenters. The van der Waals surface area contributed by atoms with Crippen LogP contribution in [0.2, 0.25) is 0 Å². The van der Waals surface area contributed by atoms with E-state index < -0.39 is 4.92 Å². The van der Waals surface area contributed by atoms with Gasteiger partial charge in [-0.2, -0.15) is 5.10 Å². The number of carbonyl (C=O) groups excluding carboxylic acids is 1. The van der Waals surface area contributed by atoms with Crippen LogP contribution in [0.4, 0.5) is 11.5 Å². The number of hydrogen-bond acceptors (Lipinski definition) is 9. The van der Waals surface area contributed by atoms with Gasteiger partial charge in [0.1, 0.15) is 5.82 Å². The summed E-state index contributed by atoms with van der Waals surface area (Å²) in [5.74, 6) is 0.470. The molecular weight excluding hydrogens is 458 g/mol. The molecule has 11 nitrogen and oxygen atoms in total. The van der Waals surface area contributed by atoms with E-state index in [0.717, 1.165) is 24.3 Å². The quantitative estimate of drug-likeness (QED) is 0.222. The smallest absolute Gasteiger partial charge is 0.273 e. The van der Waals surface area contributed by atoms with Gasteiger partial charge in [0.05, 0.1) is 36.3 Å². The molecule has 3 aromatic rings. The van der Waals surface area contributed by atoms with Crippen molar-refractivity contribution < 1.29 is 14.5 Å². The van der Waals surface area contributed by atoms with E-state index in [0.29, 0.717) is 47.9 Å². The topological polar surface area (TPSA) is 128 Å². The second-order valence-electron chi connectivity index (χ2n) is 8.22. The van der Waals surface area contributed by atoms with Crippen LogP contribution in [0.3, 0.4) is 0 Å². The first-order chi connectivity index (χ1) is 16.3. The summed E-state index contributed by atoms with van der Waals surface area (Å²) in [6.07, 6.45) is 1.76. The molecule has 0 atom stereocenters. The van der Waals surface area contributed by atoms with Gasteiger partial charge in [-0.25, -0.2) is 14.6 Å². The van der Waals surface area contributed by atoms with E-state index >= 15 is 0 Å². The number of amides is 1. The number of benzene rings is 1. The molecule has 0 radical (unpaired) electrons. The van der Waals surface area contributed by atoms with Gasteiger partial charge < -0.3 is 15.0 Å². The normalized spacial score (nSPS) is 14.1. The first-order valence-electron chi connectivity index (χ1n) is 11.1. The zero-order chi connectivity index (χ0) is 24.2. The molecule has 1 saturated heterocycles. The van der Waals surface area contributed by atoms with Crippen LogP contribution in [-0.2, 0) is 11.3 Å². The maximum atomic E-state index is 12.5. The third-order valence-corrected chi connectivity index (χ3v) is 6.25. The summed E-state index contributed by atoms with van der Waals surface area (Å²) in [4.78, 5) is 35.0. The summed E-state index contributed by atoms with van der Waals surface area (Å²) >= 11 is 1.59. The predicted molar refractivity (Wildman–Crippen MR) is 130 cm³/mol. The number of nitrogens with one attached hydrogen (secondary N) is 1. The Labute approximate surface area is 201 Å². The lowest BCUT2D eigenvalue weighted by Crippen LogP contribution is -2.37. The van der Waals surface area contributed by atoms with Gasteiger partial charge in [0.25, 0.3) is 11.6 Å². The van der Waals surface area contributed by atoms with Crippen molar-refractivity contribution in [2.24, 2.45) is 0 Å². The molecule has 0 spiro atoms. The van der Waals surface area contributed by atoms with Crippen LogP contribution in [0.25, 0.3) is 11.0 Å². The van der Waals surface area contributed by atoms with Gasteiger partial charge in [0, 0.05) is 42.1 Å². The Kier molecular flexibility index (Phi) is 7.27. The fraction of sp³-hybridized carbons (Fsp3) is 0.455. The minimum absolute atomic E-state index is 0.0757. The molecule has 1 aliphatic heterocycles. The largest absolute Gasteiger partial charge is 0.378 e. The molecular formula is C22H27N7O4S. The molecule has 1 aromatic carbocycles. The lowest BCUT2D eigenvalue weighted by Gasteiger charge is -2.28. The molecule has 1 aliphatic rings. The highest BCUT2D eigenvalue weighted by Crippen LogP contribution is 2.29. The lowest BCUT2D eigenvalue weighted by atomic mass is 10.1. The third-order valence-electron chi connectivity index (χ3n) is 5.38. The van der Waals surface area contributed by atoms with Crippen molar-refractivity contribution in [2.75, 3.05) is 37.7 Å². The van der Waals surface area contributed by atoms with Gasteiger partial charge in [-0.15, -0.1) is 0 Å². The zero-order valence-corrected chi connectivity index (χ0v) is 20.2. The van der Waals surface area contributed by atoms with E-state index in [9.17, 15) is 14.9 Å². The van der Waals surface area contributed by atoms with Crippen molar-refractivity contribution in [1.82, 2.24) is 25.1 Å². The molecule has 1 fully saturated rings. The Bertz CT molecular complexity index is 1210. The molecule has 0 aliphatic carbocycles. The van der Waals surface area contributed by atoms with Crippen molar-refractivity contribution >= 4 is 40.2 Å². The van der Waals surface area contributed by atoms with Gasteiger partial charge in [-0.05, 0) is 13.0 Å². The van der Waals surface area contributed by atoms with Crippen LogP contribution >= 0.6 is 11.8 Å².